The van der Waals surface area contributed by atoms with Crippen LogP contribution in [0, 0.1) is 16.7 Å². The molecule has 0 amide bonds. The molecule has 0 aromatic heterocycles. The summed E-state index contributed by atoms with van der Waals surface area (Å²) < 4.78 is 0. The van der Waals surface area contributed by atoms with Crippen LogP contribution in [-0.4, -0.2) is 0 Å². The van der Waals surface area contributed by atoms with Crippen molar-refractivity contribution in [2.45, 2.75) is 25.3 Å². The standard InChI is InChI=1S/C12H14N2/c13-9-12(7-4-8-12)11(14)10-5-2-1-3-6-10/h1-3,5-6,11H,4,7-8,14H2. The molecule has 1 saturated carbocycles. The molecular formula is C12H14N2. The van der Waals surface area contributed by atoms with E-state index in [0.717, 1.165) is 24.8 Å². The van der Waals surface area contributed by atoms with Gasteiger partial charge in [0.15, 0.2) is 0 Å². The lowest BCUT2D eigenvalue weighted by atomic mass is 9.64. The summed E-state index contributed by atoms with van der Waals surface area (Å²) in [5.41, 5.74) is 6.91. The summed E-state index contributed by atoms with van der Waals surface area (Å²) in [6, 6.07) is 12.2. The summed E-state index contributed by atoms with van der Waals surface area (Å²) >= 11 is 0. The Morgan fingerprint density at radius 2 is 1.93 bits per heavy atom. The zero-order valence-corrected chi connectivity index (χ0v) is 8.11. The summed E-state index contributed by atoms with van der Waals surface area (Å²) in [6.07, 6.45) is 3.02. The van der Waals surface area contributed by atoms with Gasteiger partial charge in [-0.3, -0.25) is 0 Å². The van der Waals surface area contributed by atoms with E-state index in [-0.39, 0.29) is 11.5 Å². The summed E-state index contributed by atoms with van der Waals surface area (Å²) in [5, 5.41) is 9.14. The first-order chi connectivity index (χ1) is 6.78. The van der Waals surface area contributed by atoms with Crippen molar-refractivity contribution < 1.29 is 0 Å². The van der Waals surface area contributed by atoms with Gasteiger partial charge in [-0.2, -0.15) is 5.26 Å². The largest absolute Gasteiger partial charge is 0.323 e. The van der Waals surface area contributed by atoms with Crippen LogP contribution >= 0.6 is 0 Å². The third kappa shape index (κ3) is 1.30. The van der Waals surface area contributed by atoms with Crippen molar-refractivity contribution in [3.63, 3.8) is 0 Å². The van der Waals surface area contributed by atoms with Crippen LogP contribution in [0.4, 0.5) is 0 Å². The highest BCUT2D eigenvalue weighted by Crippen LogP contribution is 2.48. The quantitative estimate of drug-likeness (QED) is 0.770. The van der Waals surface area contributed by atoms with Crippen LogP contribution in [0.15, 0.2) is 30.3 Å². The average Bonchev–Trinajstić information content (AvgIpc) is 2.18. The van der Waals surface area contributed by atoms with E-state index in [0.29, 0.717) is 0 Å². The predicted octanol–water partition coefficient (Wildman–Crippen LogP) is 2.38. The Labute approximate surface area is 84.3 Å². The highest BCUT2D eigenvalue weighted by atomic mass is 14.7. The van der Waals surface area contributed by atoms with E-state index in [1.807, 2.05) is 30.3 Å². The van der Waals surface area contributed by atoms with Crippen LogP contribution in [0.1, 0.15) is 30.9 Å². The van der Waals surface area contributed by atoms with E-state index in [1.165, 1.54) is 0 Å². The molecule has 2 rings (SSSR count). The zero-order chi connectivity index (χ0) is 10.0. The molecule has 0 heterocycles. The number of nitriles is 1. The Hall–Kier alpha value is -1.33. The number of nitrogens with zero attached hydrogens (tertiary/aromatic N) is 1. The van der Waals surface area contributed by atoms with Crippen molar-refractivity contribution in [3.8, 4) is 6.07 Å². The molecule has 0 bridgehead atoms. The monoisotopic (exact) mass is 186 g/mol. The second-order valence-corrected chi connectivity index (χ2v) is 4.01. The number of benzene rings is 1. The smallest absolute Gasteiger partial charge is 0.0766 e. The van der Waals surface area contributed by atoms with Crippen LogP contribution in [0.25, 0.3) is 0 Å². The first kappa shape index (κ1) is 9.23. The van der Waals surface area contributed by atoms with Crippen LogP contribution in [0.3, 0.4) is 0 Å². The van der Waals surface area contributed by atoms with E-state index in [1.54, 1.807) is 0 Å². The Morgan fingerprint density at radius 1 is 1.29 bits per heavy atom. The topological polar surface area (TPSA) is 49.8 Å². The molecule has 1 aromatic rings. The molecule has 1 aliphatic rings. The first-order valence-electron chi connectivity index (χ1n) is 5.00. The third-order valence-corrected chi connectivity index (χ3v) is 3.22. The molecule has 0 spiro atoms. The molecule has 1 unspecified atom stereocenters. The van der Waals surface area contributed by atoms with Crippen molar-refractivity contribution in [1.82, 2.24) is 0 Å². The highest BCUT2D eigenvalue weighted by Gasteiger charge is 2.43. The fourth-order valence-electron chi connectivity index (χ4n) is 2.03. The SMILES string of the molecule is N#CC1(C(N)c2ccccc2)CCC1. The minimum atomic E-state index is -0.290. The van der Waals surface area contributed by atoms with Crippen molar-refractivity contribution in [1.29, 1.82) is 5.26 Å². The van der Waals surface area contributed by atoms with Gasteiger partial charge in [0.2, 0.25) is 0 Å². The number of hydrogen-bond donors (Lipinski definition) is 1. The molecule has 1 aromatic carbocycles. The van der Waals surface area contributed by atoms with Crippen molar-refractivity contribution in [2.75, 3.05) is 0 Å². The molecule has 14 heavy (non-hydrogen) atoms. The van der Waals surface area contributed by atoms with Gasteiger partial charge >= 0.3 is 0 Å². The molecule has 2 N–H and O–H groups in total. The van der Waals surface area contributed by atoms with E-state index < -0.39 is 0 Å². The number of rotatable bonds is 2. The van der Waals surface area contributed by atoms with Crippen molar-refractivity contribution in [2.24, 2.45) is 11.1 Å². The molecule has 1 fully saturated rings. The van der Waals surface area contributed by atoms with Crippen molar-refractivity contribution >= 4 is 0 Å². The molecule has 1 aliphatic carbocycles. The van der Waals surface area contributed by atoms with E-state index in [9.17, 15) is 0 Å². The lowest BCUT2D eigenvalue weighted by Gasteiger charge is -2.40. The zero-order valence-electron chi connectivity index (χ0n) is 8.11. The number of nitrogens with two attached hydrogens (primary N) is 1. The van der Waals surface area contributed by atoms with Gasteiger partial charge in [-0.25, -0.2) is 0 Å². The van der Waals surface area contributed by atoms with E-state index in [2.05, 4.69) is 6.07 Å². The van der Waals surface area contributed by atoms with Gasteiger partial charge in [0.25, 0.3) is 0 Å². The summed E-state index contributed by atoms with van der Waals surface area (Å²) in [4.78, 5) is 0. The van der Waals surface area contributed by atoms with Crippen molar-refractivity contribution in [3.05, 3.63) is 35.9 Å². The Balaban J connectivity index is 2.24. The highest BCUT2D eigenvalue weighted by molar-refractivity contribution is 5.25. The average molecular weight is 186 g/mol. The molecule has 0 aliphatic heterocycles. The van der Waals surface area contributed by atoms with Gasteiger partial charge in [-0.15, -0.1) is 0 Å². The predicted molar refractivity (Wildman–Crippen MR) is 55.3 cm³/mol. The minimum Gasteiger partial charge on any atom is -0.323 e. The Bertz CT molecular complexity index is 346. The molecule has 2 heteroatoms. The van der Waals surface area contributed by atoms with Crippen LogP contribution in [0.5, 0.6) is 0 Å². The van der Waals surface area contributed by atoms with E-state index >= 15 is 0 Å². The first-order valence-corrected chi connectivity index (χ1v) is 5.00. The van der Waals surface area contributed by atoms with Gasteiger partial charge in [-0.05, 0) is 18.4 Å². The Kier molecular flexibility index (Phi) is 2.26. The van der Waals surface area contributed by atoms with Gasteiger partial charge in [0, 0.05) is 6.04 Å². The maximum absolute atomic E-state index is 9.14. The second-order valence-electron chi connectivity index (χ2n) is 4.01. The molecule has 0 radical (unpaired) electrons. The lowest BCUT2D eigenvalue weighted by molar-refractivity contribution is 0.169. The maximum Gasteiger partial charge on any atom is 0.0766 e. The maximum atomic E-state index is 9.14. The normalized spacial score (nSPS) is 20.6. The molecule has 72 valence electrons. The fraction of sp³-hybridized carbons (Fsp3) is 0.417. The van der Waals surface area contributed by atoms with Gasteiger partial charge < -0.3 is 5.73 Å². The molecule has 1 atom stereocenters. The van der Waals surface area contributed by atoms with Crippen LogP contribution in [-0.2, 0) is 0 Å². The summed E-state index contributed by atoms with van der Waals surface area (Å²) in [6.45, 7) is 0. The van der Waals surface area contributed by atoms with Gasteiger partial charge in [0.1, 0.15) is 0 Å². The fourth-order valence-corrected chi connectivity index (χ4v) is 2.03. The van der Waals surface area contributed by atoms with E-state index in [4.69, 9.17) is 11.0 Å². The Morgan fingerprint density at radius 3 is 2.36 bits per heavy atom. The minimum absolute atomic E-state index is 0.123. The summed E-state index contributed by atoms with van der Waals surface area (Å²) in [7, 11) is 0. The van der Waals surface area contributed by atoms with Gasteiger partial charge in [-0.1, -0.05) is 36.8 Å². The molecular weight excluding hydrogens is 172 g/mol. The van der Waals surface area contributed by atoms with Crippen LogP contribution < -0.4 is 5.73 Å². The van der Waals surface area contributed by atoms with Gasteiger partial charge in [0.05, 0.1) is 11.5 Å². The molecule has 0 saturated heterocycles. The lowest BCUT2D eigenvalue weighted by Crippen LogP contribution is -2.39. The summed E-state index contributed by atoms with van der Waals surface area (Å²) in [5.74, 6) is 0. The second kappa shape index (κ2) is 3.43. The van der Waals surface area contributed by atoms with Crippen LogP contribution in [0.2, 0.25) is 0 Å². The molecule has 2 nitrogen and oxygen atoms in total. The third-order valence-electron chi connectivity index (χ3n) is 3.22. The number of hydrogen-bond acceptors (Lipinski definition) is 2.